The third kappa shape index (κ3) is 4.96. The van der Waals surface area contributed by atoms with Gasteiger partial charge in [-0.1, -0.05) is 0 Å². The van der Waals surface area contributed by atoms with Gasteiger partial charge in [-0.05, 0) is 48.5 Å². The number of benzene rings is 2. The van der Waals surface area contributed by atoms with E-state index in [4.69, 9.17) is 4.74 Å². The second kappa shape index (κ2) is 8.95. The Bertz CT molecular complexity index is 1240. The number of rotatable bonds is 7. The summed E-state index contributed by atoms with van der Waals surface area (Å²) in [4.78, 5) is 24.1. The van der Waals surface area contributed by atoms with Crippen molar-refractivity contribution in [3.8, 4) is 11.4 Å². The van der Waals surface area contributed by atoms with Gasteiger partial charge in [0.05, 0.1) is 36.7 Å². The van der Waals surface area contributed by atoms with E-state index in [2.05, 4.69) is 25.9 Å². The number of aromatic amines is 1. The molecular weight excluding hydrogens is 396 g/mol. The van der Waals surface area contributed by atoms with Gasteiger partial charge in [0.1, 0.15) is 5.75 Å². The number of amides is 2. The first-order chi connectivity index (χ1) is 15.1. The van der Waals surface area contributed by atoms with Crippen molar-refractivity contribution < 1.29 is 14.3 Å². The number of fused-ring (bicyclic) bond motifs is 1. The molecule has 4 aromatic rings. The van der Waals surface area contributed by atoms with Gasteiger partial charge < -0.3 is 15.4 Å². The molecule has 0 saturated heterocycles. The Morgan fingerprint density at radius 3 is 2.71 bits per heavy atom. The third-order valence-corrected chi connectivity index (χ3v) is 4.52. The van der Waals surface area contributed by atoms with Crippen molar-refractivity contribution in [3.05, 3.63) is 78.8 Å². The van der Waals surface area contributed by atoms with Crippen molar-refractivity contribution in [1.82, 2.24) is 25.3 Å². The average molecular weight is 416 g/mol. The minimum atomic E-state index is -0.401. The molecule has 0 unspecified atom stereocenters. The molecule has 0 aliphatic rings. The molecule has 0 spiro atoms. The van der Waals surface area contributed by atoms with Gasteiger partial charge in [0.2, 0.25) is 11.8 Å². The SMILES string of the molecule is COc1ccc(-n2ccc(CNC(=O)/C=C/C(=O)Nc3ccc4[nH]ncc4c3)n2)cc1. The van der Waals surface area contributed by atoms with Crippen LogP contribution in [0.2, 0.25) is 0 Å². The normalized spacial score (nSPS) is 11.0. The zero-order valence-corrected chi connectivity index (χ0v) is 16.7. The summed E-state index contributed by atoms with van der Waals surface area (Å²) in [5.41, 5.74) is 3.06. The van der Waals surface area contributed by atoms with Crippen LogP contribution in [-0.2, 0) is 16.1 Å². The van der Waals surface area contributed by atoms with E-state index in [1.54, 1.807) is 30.1 Å². The predicted octanol–water partition coefficient (Wildman–Crippen LogP) is 2.57. The lowest BCUT2D eigenvalue weighted by Crippen LogP contribution is -2.21. The first kappa shape index (κ1) is 19.9. The first-order valence-corrected chi connectivity index (χ1v) is 9.50. The molecule has 3 N–H and O–H groups in total. The van der Waals surface area contributed by atoms with Crippen molar-refractivity contribution in [2.24, 2.45) is 0 Å². The van der Waals surface area contributed by atoms with E-state index in [9.17, 15) is 9.59 Å². The van der Waals surface area contributed by atoms with Crippen LogP contribution in [0.25, 0.3) is 16.6 Å². The van der Waals surface area contributed by atoms with Crippen LogP contribution in [0.5, 0.6) is 5.75 Å². The topological polar surface area (TPSA) is 114 Å². The van der Waals surface area contributed by atoms with Crippen molar-refractivity contribution in [3.63, 3.8) is 0 Å². The summed E-state index contributed by atoms with van der Waals surface area (Å²) in [5, 5.41) is 17.5. The highest BCUT2D eigenvalue weighted by atomic mass is 16.5. The van der Waals surface area contributed by atoms with Gasteiger partial charge in [-0.3, -0.25) is 14.7 Å². The molecule has 9 heteroatoms. The molecule has 0 aliphatic carbocycles. The Kier molecular flexibility index (Phi) is 5.75. The van der Waals surface area contributed by atoms with E-state index in [0.29, 0.717) is 11.4 Å². The standard InChI is InChI=1S/C22H20N6O3/c1-31-19-5-3-18(4-6-19)28-11-10-17(27-28)14-23-21(29)8-9-22(30)25-16-2-7-20-15(12-16)13-24-26-20/h2-13H,14H2,1H3,(H,23,29)(H,24,26)(H,25,30)/b9-8+. The minimum Gasteiger partial charge on any atom is -0.497 e. The Morgan fingerprint density at radius 2 is 1.90 bits per heavy atom. The lowest BCUT2D eigenvalue weighted by Gasteiger charge is -2.04. The van der Waals surface area contributed by atoms with Gasteiger partial charge in [-0.15, -0.1) is 0 Å². The number of anilines is 1. The van der Waals surface area contributed by atoms with Crippen LogP contribution in [0.15, 0.2) is 73.1 Å². The lowest BCUT2D eigenvalue weighted by atomic mass is 10.2. The largest absolute Gasteiger partial charge is 0.497 e. The number of hydrogen-bond acceptors (Lipinski definition) is 5. The Hall–Kier alpha value is -4.40. The predicted molar refractivity (Wildman–Crippen MR) is 116 cm³/mol. The summed E-state index contributed by atoms with van der Waals surface area (Å²) in [7, 11) is 1.61. The monoisotopic (exact) mass is 416 g/mol. The van der Waals surface area contributed by atoms with E-state index in [-0.39, 0.29) is 12.5 Å². The van der Waals surface area contributed by atoms with Crippen LogP contribution >= 0.6 is 0 Å². The summed E-state index contributed by atoms with van der Waals surface area (Å²) in [6, 6.07) is 14.7. The van der Waals surface area contributed by atoms with Crippen LogP contribution in [0.4, 0.5) is 5.69 Å². The molecule has 31 heavy (non-hydrogen) atoms. The number of nitrogens with zero attached hydrogens (tertiary/aromatic N) is 3. The molecule has 2 aromatic heterocycles. The van der Waals surface area contributed by atoms with E-state index >= 15 is 0 Å². The Labute approximate surface area is 177 Å². The summed E-state index contributed by atoms with van der Waals surface area (Å²) in [5.74, 6) is -0.0255. The van der Waals surface area contributed by atoms with Gasteiger partial charge in [0.25, 0.3) is 0 Å². The molecule has 0 atom stereocenters. The van der Waals surface area contributed by atoms with Gasteiger partial charge in [-0.25, -0.2) is 4.68 Å². The number of methoxy groups -OCH3 is 1. The van der Waals surface area contributed by atoms with Crippen molar-refractivity contribution in [2.45, 2.75) is 6.54 Å². The van der Waals surface area contributed by atoms with Crippen molar-refractivity contribution >= 4 is 28.4 Å². The quantitative estimate of drug-likeness (QED) is 0.401. The molecular formula is C22H20N6O3. The molecule has 0 radical (unpaired) electrons. The van der Waals surface area contributed by atoms with Crippen molar-refractivity contribution in [2.75, 3.05) is 12.4 Å². The maximum Gasteiger partial charge on any atom is 0.248 e. The van der Waals surface area contributed by atoms with E-state index in [0.717, 1.165) is 22.3 Å². The minimum absolute atomic E-state index is 0.241. The molecule has 2 amide bonds. The Morgan fingerprint density at radius 1 is 1.10 bits per heavy atom. The van der Waals surface area contributed by atoms with Gasteiger partial charge in [0.15, 0.2) is 0 Å². The van der Waals surface area contributed by atoms with Gasteiger partial charge in [-0.2, -0.15) is 10.2 Å². The average Bonchev–Trinajstić information content (AvgIpc) is 3.45. The number of carbonyl (C=O) groups excluding carboxylic acids is 2. The number of nitrogens with one attached hydrogen (secondary N) is 3. The summed E-state index contributed by atoms with van der Waals surface area (Å²) in [6.07, 6.45) is 5.85. The number of hydrogen-bond donors (Lipinski definition) is 3. The van der Waals surface area contributed by atoms with E-state index < -0.39 is 5.91 Å². The van der Waals surface area contributed by atoms with Crippen LogP contribution in [0.1, 0.15) is 5.69 Å². The fraction of sp³-hybridized carbons (Fsp3) is 0.0909. The maximum atomic E-state index is 12.0. The lowest BCUT2D eigenvalue weighted by molar-refractivity contribution is -0.117. The first-order valence-electron chi connectivity index (χ1n) is 9.50. The molecule has 0 bridgehead atoms. The number of ether oxygens (including phenoxy) is 1. The van der Waals surface area contributed by atoms with E-state index in [1.807, 2.05) is 42.6 Å². The van der Waals surface area contributed by atoms with Crippen molar-refractivity contribution in [1.29, 1.82) is 0 Å². The van der Waals surface area contributed by atoms with E-state index in [1.165, 1.54) is 12.2 Å². The zero-order valence-electron chi connectivity index (χ0n) is 16.7. The zero-order chi connectivity index (χ0) is 21.6. The molecule has 0 aliphatic heterocycles. The van der Waals surface area contributed by atoms with Gasteiger partial charge in [0, 0.05) is 29.4 Å². The second-order valence-electron chi connectivity index (χ2n) is 6.66. The molecule has 156 valence electrons. The second-order valence-corrected chi connectivity index (χ2v) is 6.66. The highest BCUT2D eigenvalue weighted by Crippen LogP contribution is 2.17. The molecule has 2 heterocycles. The fourth-order valence-corrected chi connectivity index (χ4v) is 2.93. The summed E-state index contributed by atoms with van der Waals surface area (Å²) < 4.78 is 6.86. The highest BCUT2D eigenvalue weighted by Gasteiger charge is 2.05. The summed E-state index contributed by atoms with van der Waals surface area (Å²) in [6.45, 7) is 0.241. The number of H-pyrrole nitrogens is 1. The van der Waals surface area contributed by atoms with Crippen LogP contribution in [-0.4, -0.2) is 38.9 Å². The smallest absolute Gasteiger partial charge is 0.248 e. The highest BCUT2D eigenvalue weighted by molar-refractivity contribution is 6.04. The van der Waals surface area contributed by atoms with Crippen LogP contribution in [0, 0.1) is 0 Å². The fourth-order valence-electron chi connectivity index (χ4n) is 2.93. The maximum absolute atomic E-state index is 12.0. The third-order valence-electron chi connectivity index (χ3n) is 4.52. The number of aromatic nitrogens is 4. The molecule has 9 nitrogen and oxygen atoms in total. The van der Waals surface area contributed by atoms with Gasteiger partial charge >= 0.3 is 0 Å². The van der Waals surface area contributed by atoms with Crippen LogP contribution < -0.4 is 15.4 Å². The summed E-state index contributed by atoms with van der Waals surface area (Å²) >= 11 is 0. The number of carbonyl (C=O) groups is 2. The molecule has 2 aromatic carbocycles. The molecule has 4 rings (SSSR count). The molecule has 0 saturated carbocycles. The van der Waals surface area contributed by atoms with Crippen LogP contribution in [0.3, 0.4) is 0 Å². The molecule has 0 fully saturated rings. The Balaban J connectivity index is 1.28.